The van der Waals surface area contributed by atoms with Crippen LogP contribution >= 0.6 is 11.3 Å². The minimum Gasteiger partial charge on any atom is -0.338 e. The number of thiophene rings is 1. The van der Waals surface area contributed by atoms with Crippen LogP contribution in [0.1, 0.15) is 22.5 Å². The number of carbonyl (C=O) groups excluding carboxylic acids is 1. The van der Waals surface area contributed by atoms with Gasteiger partial charge in [-0.2, -0.15) is 5.10 Å². The number of fused-ring (bicyclic) bond motifs is 1. The van der Waals surface area contributed by atoms with Gasteiger partial charge in [0.05, 0.1) is 23.1 Å². The molecule has 1 aliphatic heterocycles. The normalized spacial score (nSPS) is 16.2. The Labute approximate surface area is 180 Å². The zero-order valence-corrected chi connectivity index (χ0v) is 17.7. The molecule has 0 aliphatic carbocycles. The van der Waals surface area contributed by atoms with E-state index in [1.54, 1.807) is 29.5 Å². The summed E-state index contributed by atoms with van der Waals surface area (Å²) in [5.41, 5.74) is 2.18. The van der Waals surface area contributed by atoms with E-state index in [0.29, 0.717) is 21.2 Å². The number of carbonyl (C=O) groups is 1. The van der Waals surface area contributed by atoms with Gasteiger partial charge in [0.1, 0.15) is 16.2 Å². The number of piperidine rings is 1. The van der Waals surface area contributed by atoms with Crippen LogP contribution in [0.15, 0.2) is 30.9 Å². The second-order valence-corrected chi connectivity index (χ2v) is 8.63. The molecule has 8 nitrogen and oxygen atoms in total. The summed E-state index contributed by atoms with van der Waals surface area (Å²) in [6, 6.07) is 3.60. The average Bonchev–Trinajstić information content (AvgIpc) is 3.46. The van der Waals surface area contributed by atoms with Crippen molar-refractivity contribution in [1.82, 2.24) is 34.2 Å². The second kappa shape index (κ2) is 7.19. The summed E-state index contributed by atoms with van der Waals surface area (Å²) < 4.78 is 30.5. The number of hydrogen-bond donors (Lipinski definition) is 0. The highest BCUT2D eigenvalue weighted by molar-refractivity contribution is 7.20. The summed E-state index contributed by atoms with van der Waals surface area (Å²) in [5.74, 6) is -2.47. The standard InChI is InChI=1S/C20H19F2N7OS/c1-27-11-23-10-14(27)17-25-16(13-3-6-24-28(13)2)12-9-15(31-18(12)26-17)19(30)29-7-4-20(21,22)5-8-29/h3,6,9-11H,4-5,7-8H2,1-2H3. The maximum Gasteiger partial charge on any atom is 0.264 e. The lowest BCUT2D eigenvalue weighted by Crippen LogP contribution is -2.42. The summed E-state index contributed by atoms with van der Waals surface area (Å²) in [7, 11) is 3.68. The topological polar surface area (TPSA) is 81.7 Å². The molecule has 0 bridgehead atoms. The zero-order valence-electron chi connectivity index (χ0n) is 16.9. The van der Waals surface area contributed by atoms with Crippen molar-refractivity contribution in [2.24, 2.45) is 14.1 Å². The number of aryl methyl sites for hydroxylation is 2. The summed E-state index contributed by atoms with van der Waals surface area (Å²) in [6.45, 7) is 0.0846. The van der Waals surface area contributed by atoms with E-state index in [1.165, 1.54) is 16.2 Å². The molecule has 0 radical (unpaired) electrons. The van der Waals surface area contributed by atoms with Gasteiger partial charge in [-0.3, -0.25) is 9.48 Å². The number of amides is 1. The molecule has 11 heteroatoms. The highest BCUT2D eigenvalue weighted by atomic mass is 32.1. The van der Waals surface area contributed by atoms with Gasteiger partial charge in [-0.15, -0.1) is 11.3 Å². The predicted molar refractivity (Wildman–Crippen MR) is 112 cm³/mol. The van der Waals surface area contributed by atoms with E-state index in [0.717, 1.165) is 16.8 Å². The summed E-state index contributed by atoms with van der Waals surface area (Å²) in [4.78, 5) is 29.2. The van der Waals surface area contributed by atoms with E-state index in [2.05, 4.69) is 15.1 Å². The molecular formula is C20H19F2N7OS. The van der Waals surface area contributed by atoms with E-state index in [-0.39, 0.29) is 31.8 Å². The minimum absolute atomic E-state index is 0.0423. The van der Waals surface area contributed by atoms with Gasteiger partial charge in [-0.1, -0.05) is 0 Å². The third kappa shape index (κ3) is 3.48. The monoisotopic (exact) mass is 443 g/mol. The Balaban J connectivity index is 1.61. The van der Waals surface area contributed by atoms with E-state index in [4.69, 9.17) is 4.98 Å². The van der Waals surface area contributed by atoms with Gasteiger partial charge >= 0.3 is 0 Å². The Bertz CT molecular complexity index is 1280. The molecule has 0 atom stereocenters. The third-order valence-corrected chi connectivity index (χ3v) is 6.51. The SMILES string of the molecule is Cn1cncc1-c1nc(-c2ccnn2C)c2cc(C(=O)N3CCC(F)(F)CC3)sc2n1. The van der Waals surface area contributed by atoms with Crippen molar-refractivity contribution in [2.45, 2.75) is 18.8 Å². The third-order valence-electron chi connectivity index (χ3n) is 5.50. The molecule has 5 rings (SSSR count). The van der Waals surface area contributed by atoms with Crippen LogP contribution in [0.3, 0.4) is 0 Å². The van der Waals surface area contributed by atoms with E-state index < -0.39 is 5.92 Å². The molecule has 0 spiro atoms. The summed E-state index contributed by atoms with van der Waals surface area (Å²) in [5, 5.41) is 4.96. The molecular weight excluding hydrogens is 424 g/mol. The molecule has 31 heavy (non-hydrogen) atoms. The van der Waals surface area contributed by atoms with Gasteiger partial charge in [-0.05, 0) is 12.1 Å². The van der Waals surface area contributed by atoms with Crippen LogP contribution in [0.4, 0.5) is 8.78 Å². The lowest BCUT2D eigenvalue weighted by Gasteiger charge is -2.31. The number of alkyl halides is 2. The van der Waals surface area contributed by atoms with Crippen molar-refractivity contribution < 1.29 is 13.6 Å². The largest absolute Gasteiger partial charge is 0.338 e. The predicted octanol–water partition coefficient (Wildman–Crippen LogP) is 3.36. The van der Waals surface area contributed by atoms with Gasteiger partial charge in [0.2, 0.25) is 0 Å². The molecule has 160 valence electrons. The summed E-state index contributed by atoms with van der Waals surface area (Å²) >= 11 is 1.24. The fraction of sp³-hybridized carbons (Fsp3) is 0.350. The first-order valence-electron chi connectivity index (χ1n) is 9.76. The molecule has 0 unspecified atom stereocenters. The number of halogens is 2. The van der Waals surface area contributed by atoms with E-state index in [9.17, 15) is 13.6 Å². The van der Waals surface area contributed by atoms with Crippen molar-refractivity contribution in [1.29, 1.82) is 0 Å². The Morgan fingerprint density at radius 2 is 1.94 bits per heavy atom. The Hall–Kier alpha value is -3.21. The van der Waals surface area contributed by atoms with Crippen molar-refractivity contribution >= 4 is 27.5 Å². The van der Waals surface area contributed by atoms with Crippen molar-refractivity contribution in [3.05, 3.63) is 35.7 Å². The van der Waals surface area contributed by atoms with Crippen LogP contribution in [0.5, 0.6) is 0 Å². The average molecular weight is 443 g/mol. The molecule has 1 amide bonds. The maximum absolute atomic E-state index is 13.5. The number of likely N-dealkylation sites (tertiary alicyclic amines) is 1. The number of hydrogen-bond acceptors (Lipinski definition) is 6. The lowest BCUT2D eigenvalue weighted by molar-refractivity contribution is -0.0493. The first-order valence-corrected chi connectivity index (χ1v) is 10.6. The highest BCUT2D eigenvalue weighted by Gasteiger charge is 2.36. The quantitative estimate of drug-likeness (QED) is 0.485. The number of imidazole rings is 1. The number of rotatable bonds is 3. The molecule has 1 saturated heterocycles. The molecule has 0 N–H and O–H groups in total. The van der Waals surface area contributed by atoms with E-state index >= 15 is 0 Å². The first kappa shape index (κ1) is 19.7. The van der Waals surface area contributed by atoms with Gasteiger partial charge in [0.15, 0.2) is 5.82 Å². The van der Waals surface area contributed by atoms with Gasteiger partial charge in [0.25, 0.3) is 11.8 Å². The number of aromatic nitrogens is 6. The van der Waals surface area contributed by atoms with Crippen LogP contribution < -0.4 is 0 Å². The highest BCUT2D eigenvalue weighted by Crippen LogP contribution is 2.35. The minimum atomic E-state index is -2.70. The van der Waals surface area contributed by atoms with Crippen LogP contribution in [0.2, 0.25) is 0 Å². The zero-order chi connectivity index (χ0) is 21.8. The van der Waals surface area contributed by atoms with Gasteiger partial charge in [0, 0.05) is 51.6 Å². The summed E-state index contributed by atoms with van der Waals surface area (Å²) in [6.07, 6.45) is 4.41. The molecule has 0 saturated carbocycles. The molecule has 1 fully saturated rings. The Kier molecular flexibility index (Phi) is 4.58. The van der Waals surface area contributed by atoms with Crippen LogP contribution in [0, 0.1) is 0 Å². The van der Waals surface area contributed by atoms with Gasteiger partial charge in [-0.25, -0.2) is 23.7 Å². The molecule has 0 aromatic carbocycles. The van der Waals surface area contributed by atoms with E-state index in [1.807, 2.05) is 24.7 Å². The molecule has 1 aliphatic rings. The van der Waals surface area contributed by atoms with Gasteiger partial charge < -0.3 is 9.47 Å². The Morgan fingerprint density at radius 1 is 1.16 bits per heavy atom. The molecule has 4 aromatic rings. The molecule has 4 aromatic heterocycles. The Morgan fingerprint density at radius 3 is 2.58 bits per heavy atom. The fourth-order valence-corrected chi connectivity index (χ4v) is 4.71. The van der Waals surface area contributed by atoms with Crippen molar-refractivity contribution in [2.75, 3.05) is 13.1 Å². The fourth-order valence-electron chi connectivity index (χ4n) is 3.71. The van der Waals surface area contributed by atoms with Crippen LogP contribution in [0.25, 0.3) is 33.1 Å². The lowest BCUT2D eigenvalue weighted by atomic mass is 10.1. The molecule has 5 heterocycles. The van der Waals surface area contributed by atoms with Crippen molar-refractivity contribution in [3.8, 4) is 22.9 Å². The first-order chi connectivity index (χ1) is 14.8. The maximum atomic E-state index is 13.5. The second-order valence-electron chi connectivity index (χ2n) is 7.60. The van der Waals surface area contributed by atoms with Crippen LogP contribution in [-0.2, 0) is 14.1 Å². The van der Waals surface area contributed by atoms with Crippen LogP contribution in [-0.4, -0.2) is 59.1 Å². The van der Waals surface area contributed by atoms with Crippen molar-refractivity contribution in [3.63, 3.8) is 0 Å². The smallest absolute Gasteiger partial charge is 0.264 e. The number of nitrogens with zero attached hydrogens (tertiary/aromatic N) is 7.